The number of halogens is 9. The summed E-state index contributed by atoms with van der Waals surface area (Å²) in [5, 5.41) is 3.84. The van der Waals surface area contributed by atoms with Crippen molar-refractivity contribution >= 4 is 161 Å². The molecule has 0 aromatic heterocycles. The molecule has 0 N–H and O–H groups in total. The molecule has 20 rings (SSSR count). The Morgan fingerprint density at radius 3 is 1.03 bits per heavy atom. The van der Waals surface area contributed by atoms with Crippen molar-refractivity contribution in [1.29, 1.82) is 0 Å². The summed E-state index contributed by atoms with van der Waals surface area (Å²) in [5.74, 6) is 4.24. The fourth-order valence-corrected chi connectivity index (χ4v) is 27.1. The molecule has 12 heterocycles. The maximum atomic E-state index is 13.1. The Kier molecular flexibility index (Phi) is 34.8. The summed E-state index contributed by atoms with van der Waals surface area (Å²) in [5.41, 5.74) is 7.61. The standard InChI is InChI=1S/C21H23ClINO.C21H22INO2.C18H24INO2.2C16H19Cl2NO2.C15H20ClN/c1-24-17-8-11-21(24)20(13-25-18-9-6-16(23)7-10-18)19(12-17)14-2-4-15(22)5-3-14;1-23-16-11-12-19(23)20(21(24)25-17-5-3-2-4-6-17)18(13-16)14-7-9-15(22)10-8-14;1-11(2)22-18(21)17-15(12-4-6-13(19)7-5-12)10-14-8-9-16(17)20(14)3;2*1-19-10-4-6-14(19)15(16(20)21-2)11(8-10)9-3-5-12(17)13(18)7-9;1-10-14(11-3-5-12(16)6-4-11)9-13-7-8-15(10)17(13)2/h2-7,9-10,17,19-21H,8,11-13H2,1H3;2-10,16,18-20H,11-13H2,1H3;4-7,11,14-17H,8-10H2,1-3H3;2*3,5,7,10-11,14-15H,4,6,8H2,1-2H3;3-6,10,13-15H,7-9H2,1-2H3/t;;;2*10?,11-,14?,15?;/m...11./s1. The highest BCUT2D eigenvalue weighted by molar-refractivity contribution is 14.1. The van der Waals surface area contributed by atoms with Crippen LogP contribution in [0.1, 0.15) is 205 Å². The van der Waals surface area contributed by atoms with Crippen LogP contribution in [0.3, 0.4) is 0 Å². The number of fused-ring (bicyclic) bond motifs is 12. The summed E-state index contributed by atoms with van der Waals surface area (Å²) >= 11 is 43.4. The minimum Gasteiger partial charge on any atom is -0.493 e. The number of hydrogen-bond acceptors (Lipinski definition) is 15. The molecule has 12 saturated heterocycles. The number of carbonyl (C=O) groups is 4. The lowest BCUT2D eigenvalue weighted by atomic mass is 9.76. The summed E-state index contributed by atoms with van der Waals surface area (Å²) in [7, 11) is 16.1. The zero-order valence-electron chi connectivity index (χ0n) is 77.0. The third-order valence-corrected chi connectivity index (χ3v) is 36.3. The molecule has 15 nitrogen and oxygen atoms in total. The van der Waals surface area contributed by atoms with Crippen molar-refractivity contribution < 1.29 is 42.9 Å². The number of piperidine rings is 6. The number of para-hydroxylation sites is 1. The molecule has 0 radical (unpaired) electrons. The molecular formula is C107H127Cl6I3N6O9. The number of nitrogens with zero attached hydrogens (tertiary/aromatic N) is 6. The molecule has 12 fully saturated rings. The second-order valence-corrected chi connectivity index (χ2v) is 45.3. The van der Waals surface area contributed by atoms with Gasteiger partial charge in [-0.1, -0.05) is 155 Å². The summed E-state index contributed by atoms with van der Waals surface area (Å²) in [6.07, 6.45) is 20.8. The minimum absolute atomic E-state index is 0.0178. The summed E-state index contributed by atoms with van der Waals surface area (Å²) in [6.45, 7) is 7.06. The third kappa shape index (κ3) is 23.2. The SMILES string of the molecule is CC(C)OC(=O)C1C(c2ccc(I)cc2)CC2CCC1N2C.CC1C(c2ccc(Cl)cc2)CC2CCC1N2C.CN1C2CCC1C(C(=O)Oc1ccccc1)C(c1ccc(I)cc1)C2.CN1C2CCC1C(COc1ccc(I)cc1)C(c1ccc(Cl)cc1)C2.COC(=O)C1C2CCC(C[C@@H]1c1ccc(Cl)c(Cl)c1)N2C.COC(=O)C1C2CCC(C[C@@H]1c1ccc(Cl)c(Cl)c1)N2C. The second kappa shape index (κ2) is 45.4. The first-order valence-corrected chi connectivity index (χ1v) is 52.7. The van der Waals surface area contributed by atoms with E-state index in [0.717, 1.165) is 122 Å². The lowest BCUT2D eigenvalue weighted by Gasteiger charge is -2.43. The molecule has 0 amide bonds. The van der Waals surface area contributed by atoms with Crippen LogP contribution in [-0.4, -0.2) is 195 Å². The van der Waals surface area contributed by atoms with E-state index in [0.29, 0.717) is 80.0 Å². The number of esters is 4. The molecular weight excluding hydrogens is 2110 g/mol. The Morgan fingerprint density at radius 2 is 0.641 bits per heavy atom. The lowest BCUT2D eigenvalue weighted by Crippen LogP contribution is -2.49. The zero-order valence-corrected chi connectivity index (χ0v) is 88.0. The first kappa shape index (κ1) is 101. The van der Waals surface area contributed by atoms with E-state index in [1.807, 2.05) is 105 Å². The molecule has 0 spiro atoms. The molecule has 8 aromatic carbocycles. The van der Waals surface area contributed by atoms with Crippen LogP contribution >= 0.6 is 137 Å². The van der Waals surface area contributed by atoms with Crippen LogP contribution in [0.2, 0.25) is 30.1 Å². The number of rotatable bonds is 15. The predicted molar refractivity (Wildman–Crippen MR) is 554 cm³/mol. The summed E-state index contributed by atoms with van der Waals surface area (Å²) in [4.78, 5) is 65.2. The van der Waals surface area contributed by atoms with Crippen LogP contribution in [0.5, 0.6) is 11.5 Å². The highest BCUT2D eigenvalue weighted by Crippen LogP contribution is 2.54. The van der Waals surface area contributed by atoms with Gasteiger partial charge in [-0.2, -0.15) is 0 Å². The normalized spacial score (nSPS) is 31.5. The van der Waals surface area contributed by atoms with Gasteiger partial charge in [-0.15, -0.1) is 0 Å². The Hall–Kier alpha value is -4.87. The maximum Gasteiger partial charge on any atom is 0.316 e. The number of benzene rings is 8. The number of carbonyl (C=O) groups excluding carboxylic acids is 4. The quantitative estimate of drug-likeness (QED) is 0.0417. The fraction of sp³-hybridized carbons (Fsp3) is 0.514. The summed E-state index contributed by atoms with van der Waals surface area (Å²) < 4.78 is 31.4. The van der Waals surface area contributed by atoms with Gasteiger partial charge in [0.2, 0.25) is 0 Å². The van der Waals surface area contributed by atoms with Crippen LogP contribution in [0.25, 0.3) is 0 Å². The van der Waals surface area contributed by atoms with Gasteiger partial charge in [0.15, 0.2) is 0 Å². The Balaban J connectivity index is 0.000000121. The van der Waals surface area contributed by atoms with E-state index >= 15 is 0 Å². The van der Waals surface area contributed by atoms with E-state index in [9.17, 15) is 19.2 Å². The molecule has 0 aliphatic carbocycles. The molecule has 702 valence electrons. The summed E-state index contributed by atoms with van der Waals surface area (Å²) in [6, 6.07) is 69.7. The van der Waals surface area contributed by atoms with Gasteiger partial charge < -0.3 is 33.5 Å². The zero-order chi connectivity index (χ0) is 92.9. The molecule has 24 heteroatoms. The predicted octanol–water partition coefficient (Wildman–Crippen LogP) is 25.3. The van der Waals surface area contributed by atoms with Gasteiger partial charge in [-0.05, 0) is 400 Å². The number of ether oxygens (including phenoxy) is 5. The van der Waals surface area contributed by atoms with Crippen molar-refractivity contribution in [3.8, 4) is 11.5 Å². The van der Waals surface area contributed by atoms with E-state index in [4.69, 9.17) is 93.3 Å². The molecule has 131 heavy (non-hydrogen) atoms. The first-order chi connectivity index (χ1) is 62.9. The van der Waals surface area contributed by atoms with Crippen LogP contribution < -0.4 is 9.47 Å². The smallest absolute Gasteiger partial charge is 0.316 e. The van der Waals surface area contributed by atoms with E-state index in [2.05, 4.69) is 243 Å². The van der Waals surface area contributed by atoms with Gasteiger partial charge in [-0.25, -0.2) is 0 Å². The van der Waals surface area contributed by atoms with Crippen molar-refractivity contribution in [2.45, 2.75) is 250 Å². The molecule has 12 aliphatic heterocycles. The van der Waals surface area contributed by atoms with Crippen LogP contribution in [0, 0.1) is 46.2 Å². The Morgan fingerprint density at radius 1 is 0.336 bits per heavy atom. The van der Waals surface area contributed by atoms with E-state index in [1.165, 1.54) is 98.6 Å². The Labute approximate surface area is 848 Å². The van der Waals surface area contributed by atoms with Crippen molar-refractivity contribution in [2.24, 2.45) is 35.5 Å². The monoisotopic (exact) mass is 2230 g/mol. The Bertz CT molecular complexity index is 5070. The van der Waals surface area contributed by atoms with Gasteiger partial charge >= 0.3 is 23.9 Å². The molecule has 8 aromatic rings. The van der Waals surface area contributed by atoms with Crippen LogP contribution in [-0.2, 0) is 33.4 Å². The van der Waals surface area contributed by atoms with Crippen molar-refractivity contribution in [2.75, 3.05) is 63.1 Å². The van der Waals surface area contributed by atoms with Gasteiger partial charge in [0.25, 0.3) is 0 Å². The molecule has 12 bridgehead atoms. The van der Waals surface area contributed by atoms with Crippen molar-refractivity contribution in [1.82, 2.24) is 29.4 Å². The van der Waals surface area contributed by atoms with Crippen molar-refractivity contribution in [3.63, 3.8) is 0 Å². The van der Waals surface area contributed by atoms with Crippen LogP contribution in [0.4, 0.5) is 0 Å². The van der Waals surface area contributed by atoms with Gasteiger partial charge in [-0.3, -0.25) is 38.8 Å². The van der Waals surface area contributed by atoms with Gasteiger partial charge in [0, 0.05) is 123 Å². The van der Waals surface area contributed by atoms with Gasteiger partial charge in [0.05, 0.1) is 70.7 Å². The second-order valence-electron chi connectivity index (χ2n) is 39.0. The van der Waals surface area contributed by atoms with Gasteiger partial charge in [0.1, 0.15) is 11.5 Å². The topological polar surface area (TPSA) is 134 Å². The maximum absolute atomic E-state index is 13.1. The average molecular weight is 2230 g/mol. The van der Waals surface area contributed by atoms with Crippen molar-refractivity contribution in [3.05, 3.63) is 262 Å². The first-order valence-electron chi connectivity index (χ1n) is 47.2. The fourth-order valence-electron chi connectivity index (χ4n) is 25.2. The minimum atomic E-state index is -0.129. The lowest BCUT2D eigenvalue weighted by molar-refractivity contribution is -0.157. The van der Waals surface area contributed by atoms with E-state index in [-0.39, 0.29) is 95.4 Å². The molecule has 12 aliphatic rings. The largest absolute Gasteiger partial charge is 0.493 e. The highest BCUT2D eigenvalue weighted by atomic mass is 127. The van der Waals surface area contributed by atoms with E-state index < -0.39 is 0 Å². The average Bonchev–Trinajstić information content (AvgIpc) is 1.68. The molecule has 0 saturated carbocycles. The third-order valence-electron chi connectivity index (χ3n) is 32.2. The number of hydrogen-bond donors (Lipinski definition) is 0. The van der Waals surface area contributed by atoms with Crippen LogP contribution in [0.15, 0.2) is 188 Å². The van der Waals surface area contributed by atoms with E-state index in [1.54, 1.807) is 0 Å². The number of methoxy groups -OCH3 is 2. The molecule has 24 atom stereocenters. The molecule has 22 unspecified atom stereocenters. The highest BCUT2D eigenvalue weighted by Gasteiger charge is 2.55.